The first-order valence-corrected chi connectivity index (χ1v) is 6.61. The predicted octanol–water partition coefficient (Wildman–Crippen LogP) is -0.720. The molecule has 0 bridgehead atoms. The number of benzene rings is 1. The van der Waals surface area contributed by atoms with Crippen LogP contribution in [0.5, 0.6) is 0 Å². The highest BCUT2D eigenvalue weighted by molar-refractivity contribution is 5.73. The maximum Gasteiger partial charge on any atom is 0.217 e. The fourth-order valence-corrected chi connectivity index (χ4v) is 1.81. The molecular weight excluding hydrogens is 274 g/mol. The molecule has 21 heavy (non-hydrogen) atoms. The Hall–Kier alpha value is -1.73. The van der Waals surface area contributed by atoms with Crippen LogP contribution in [-0.4, -0.2) is 57.3 Å². The second-order valence-corrected chi connectivity index (χ2v) is 4.73. The molecule has 0 fully saturated rings. The second-order valence-electron chi connectivity index (χ2n) is 4.73. The lowest BCUT2D eigenvalue weighted by Crippen LogP contribution is -2.51. The lowest BCUT2D eigenvalue weighted by Gasteiger charge is -2.27. The van der Waals surface area contributed by atoms with Crippen LogP contribution in [0.25, 0.3) is 6.08 Å². The quantitative estimate of drug-likeness (QED) is 0.456. The third-order valence-corrected chi connectivity index (χ3v) is 2.96. The molecule has 1 rings (SSSR count). The number of amides is 1. The van der Waals surface area contributed by atoms with Crippen LogP contribution in [0.3, 0.4) is 0 Å². The van der Waals surface area contributed by atoms with Gasteiger partial charge in [0.25, 0.3) is 0 Å². The zero-order valence-corrected chi connectivity index (χ0v) is 11.8. The molecule has 0 aliphatic carbocycles. The molecule has 0 aliphatic rings. The monoisotopic (exact) mass is 295 g/mol. The summed E-state index contributed by atoms with van der Waals surface area (Å²) in [6.07, 6.45) is -1.30. The minimum absolute atomic E-state index is 0.387. The third kappa shape index (κ3) is 5.65. The normalized spacial score (nSPS) is 17.2. The molecule has 1 aromatic rings. The topological polar surface area (TPSA) is 110 Å². The number of hydrogen-bond acceptors (Lipinski definition) is 5. The Bertz CT molecular complexity index is 462. The van der Waals surface area contributed by atoms with Crippen LogP contribution in [0.15, 0.2) is 36.4 Å². The van der Waals surface area contributed by atoms with Crippen molar-refractivity contribution in [3.05, 3.63) is 42.0 Å². The summed E-state index contributed by atoms with van der Waals surface area (Å²) in [5.41, 5.74) is 0.859. The van der Waals surface area contributed by atoms with E-state index in [2.05, 4.69) is 5.32 Å². The third-order valence-electron chi connectivity index (χ3n) is 2.96. The molecule has 5 N–H and O–H groups in total. The van der Waals surface area contributed by atoms with E-state index in [4.69, 9.17) is 5.11 Å². The van der Waals surface area contributed by atoms with E-state index in [0.29, 0.717) is 0 Å². The number of nitrogens with one attached hydrogen (secondary N) is 1. The van der Waals surface area contributed by atoms with Crippen LogP contribution in [0, 0.1) is 0 Å². The van der Waals surface area contributed by atoms with Crippen LogP contribution in [0.2, 0.25) is 0 Å². The van der Waals surface area contributed by atoms with Gasteiger partial charge in [0.05, 0.1) is 12.6 Å². The van der Waals surface area contributed by atoms with Crippen molar-refractivity contribution in [2.24, 2.45) is 0 Å². The fourth-order valence-electron chi connectivity index (χ4n) is 1.81. The van der Waals surface area contributed by atoms with Crippen molar-refractivity contribution in [1.29, 1.82) is 0 Å². The molecule has 0 radical (unpaired) electrons. The van der Waals surface area contributed by atoms with Crippen LogP contribution in [0.1, 0.15) is 12.5 Å². The van der Waals surface area contributed by atoms with Gasteiger partial charge >= 0.3 is 0 Å². The Labute approximate surface area is 123 Å². The van der Waals surface area contributed by atoms with Crippen molar-refractivity contribution in [3.63, 3.8) is 0 Å². The van der Waals surface area contributed by atoms with Gasteiger partial charge in [-0.2, -0.15) is 0 Å². The van der Waals surface area contributed by atoms with Gasteiger partial charge in [0.15, 0.2) is 0 Å². The van der Waals surface area contributed by atoms with E-state index in [1.807, 2.05) is 30.3 Å². The van der Waals surface area contributed by atoms with Crippen LogP contribution in [-0.2, 0) is 4.79 Å². The van der Waals surface area contributed by atoms with E-state index in [1.165, 1.54) is 13.0 Å². The summed E-state index contributed by atoms with van der Waals surface area (Å²) < 4.78 is 0. The Morgan fingerprint density at radius 2 is 1.81 bits per heavy atom. The van der Waals surface area contributed by atoms with Crippen molar-refractivity contribution in [1.82, 2.24) is 5.32 Å². The van der Waals surface area contributed by atoms with Crippen molar-refractivity contribution >= 4 is 12.0 Å². The molecular formula is C15H21NO5. The largest absolute Gasteiger partial charge is 0.394 e. The fraction of sp³-hybridized carbons (Fsp3) is 0.400. The number of aliphatic hydroxyl groups is 4. The molecule has 6 heteroatoms. The number of hydrogen-bond donors (Lipinski definition) is 5. The summed E-state index contributed by atoms with van der Waals surface area (Å²) in [5.74, 6) is -0.387. The average Bonchev–Trinajstić information content (AvgIpc) is 2.49. The number of rotatable bonds is 7. The Balaban J connectivity index is 2.84. The minimum Gasteiger partial charge on any atom is -0.394 e. The molecule has 0 saturated carbocycles. The van der Waals surface area contributed by atoms with Gasteiger partial charge < -0.3 is 25.7 Å². The summed E-state index contributed by atoms with van der Waals surface area (Å²) in [7, 11) is 0. The highest BCUT2D eigenvalue weighted by Gasteiger charge is 2.30. The molecule has 1 amide bonds. The van der Waals surface area contributed by atoms with Crippen LogP contribution in [0.4, 0.5) is 0 Å². The molecule has 0 aromatic heterocycles. The number of carbonyl (C=O) groups excluding carboxylic acids is 1. The van der Waals surface area contributed by atoms with Gasteiger partial charge in [-0.05, 0) is 5.56 Å². The van der Waals surface area contributed by atoms with Gasteiger partial charge in [-0.1, -0.05) is 42.5 Å². The van der Waals surface area contributed by atoms with Crippen molar-refractivity contribution in [3.8, 4) is 0 Å². The van der Waals surface area contributed by atoms with Gasteiger partial charge in [0, 0.05) is 6.92 Å². The van der Waals surface area contributed by atoms with E-state index in [9.17, 15) is 20.1 Å². The van der Waals surface area contributed by atoms with Gasteiger partial charge in [-0.15, -0.1) is 0 Å². The van der Waals surface area contributed by atoms with Crippen molar-refractivity contribution in [2.45, 2.75) is 31.3 Å². The summed E-state index contributed by atoms with van der Waals surface area (Å²) in [6, 6.07) is 8.33. The molecule has 0 spiro atoms. The Morgan fingerprint density at radius 1 is 1.19 bits per heavy atom. The zero-order chi connectivity index (χ0) is 15.8. The zero-order valence-electron chi connectivity index (χ0n) is 11.8. The average molecular weight is 295 g/mol. The van der Waals surface area contributed by atoms with Crippen LogP contribution < -0.4 is 5.32 Å². The lowest BCUT2D eigenvalue weighted by molar-refractivity contribution is -0.122. The van der Waals surface area contributed by atoms with E-state index in [-0.39, 0.29) is 5.91 Å². The predicted molar refractivity (Wildman–Crippen MR) is 78.2 cm³/mol. The molecule has 0 unspecified atom stereocenters. The maximum absolute atomic E-state index is 11.2. The standard InChI is InChI=1S/C15H21NO5/c1-10(18)16-12(14(20)15(21)13(19)9-17)8-7-11-5-3-2-4-6-11/h2-8,12-15,17,19-21H,9H2,1H3,(H,16,18)/b8-7+/t12-,13-,14-,15-/m1/s1. The number of aliphatic hydroxyl groups excluding tert-OH is 4. The molecule has 0 saturated heterocycles. The molecule has 0 heterocycles. The first-order chi connectivity index (χ1) is 9.95. The Kier molecular flexibility index (Phi) is 7.04. The van der Waals surface area contributed by atoms with Gasteiger partial charge in [-0.3, -0.25) is 4.79 Å². The first-order valence-electron chi connectivity index (χ1n) is 6.61. The summed E-state index contributed by atoms with van der Waals surface area (Å²) in [6.45, 7) is 0.596. The van der Waals surface area contributed by atoms with E-state index in [1.54, 1.807) is 6.08 Å². The molecule has 4 atom stereocenters. The smallest absolute Gasteiger partial charge is 0.217 e. The van der Waals surface area contributed by atoms with Gasteiger partial charge in [0.1, 0.15) is 18.3 Å². The SMILES string of the molecule is CC(=O)N[C@H](/C=C/c1ccccc1)[C@@H](O)[C@H](O)[C@H](O)CO. The molecule has 1 aromatic carbocycles. The van der Waals surface area contributed by atoms with Gasteiger partial charge in [0.2, 0.25) is 5.91 Å². The summed E-state index contributed by atoms with van der Waals surface area (Å²) in [5, 5.41) is 40.4. The van der Waals surface area contributed by atoms with Crippen molar-refractivity contribution in [2.75, 3.05) is 6.61 Å². The molecule has 0 aliphatic heterocycles. The van der Waals surface area contributed by atoms with E-state index in [0.717, 1.165) is 5.56 Å². The summed E-state index contributed by atoms with van der Waals surface area (Å²) >= 11 is 0. The first kappa shape index (κ1) is 17.3. The summed E-state index contributed by atoms with van der Waals surface area (Å²) in [4.78, 5) is 11.2. The minimum atomic E-state index is -1.58. The highest BCUT2D eigenvalue weighted by atomic mass is 16.4. The second kappa shape index (κ2) is 8.53. The Morgan fingerprint density at radius 3 is 2.33 bits per heavy atom. The van der Waals surface area contributed by atoms with E-state index >= 15 is 0 Å². The molecule has 116 valence electrons. The van der Waals surface area contributed by atoms with Crippen LogP contribution >= 0.6 is 0 Å². The van der Waals surface area contributed by atoms with Crippen molar-refractivity contribution < 1.29 is 25.2 Å². The molecule has 6 nitrogen and oxygen atoms in total. The van der Waals surface area contributed by atoms with E-state index < -0.39 is 31.0 Å². The van der Waals surface area contributed by atoms with Gasteiger partial charge in [-0.25, -0.2) is 0 Å². The maximum atomic E-state index is 11.2. The lowest BCUT2D eigenvalue weighted by atomic mass is 10.00. The number of carbonyl (C=O) groups is 1. The highest BCUT2D eigenvalue weighted by Crippen LogP contribution is 2.09.